The normalized spacial score (nSPS) is 10.1. The zero-order valence-corrected chi connectivity index (χ0v) is 6.96. The molecule has 0 bridgehead atoms. The minimum atomic E-state index is -0.949. The molecule has 0 N–H and O–H groups in total. The van der Waals surface area contributed by atoms with E-state index in [0.717, 1.165) is 12.1 Å². The maximum Gasteiger partial charge on any atom is 0.173 e. The molecule has 0 spiro atoms. The Morgan fingerprint density at radius 3 is 2.64 bits per heavy atom. The van der Waals surface area contributed by atoms with Gasteiger partial charge in [-0.2, -0.15) is 0 Å². The molecule has 0 unspecified atom stereocenters. The number of halogens is 2. The lowest BCUT2D eigenvalue weighted by atomic mass is 10.3. The summed E-state index contributed by atoms with van der Waals surface area (Å²) in [4.78, 5) is 0. The highest BCUT2D eigenvalue weighted by Gasteiger charge is 2.04. The lowest BCUT2D eigenvalue weighted by Gasteiger charge is -2.01. The zero-order valence-electron chi connectivity index (χ0n) is 6.96. The Bertz CT molecular complexity index is 424. The first-order chi connectivity index (χ1) is 6.75. The van der Waals surface area contributed by atoms with Gasteiger partial charge in [0.05, 0.1) is 0 Å². The summed E-state index contributed by atoms with van der Waals surface area (Å²) in [5.41, 5.74) is 0. The third-order valence-corrected chi connectivity index (χ3v) is 1.57. The van der Waals surface area contributed by atoms with Crippen LogP contribution in [0, 0.1) is 17.9 Å². The Balaban J connectivity index is 2.22. The van der Waals surface area contributed by atoms with Crippen LogP contribution in [0.15, 0.2) is 34.9 Å². The summed E-state index contributed by atoms with van der Waals surface area (Å²) >= 11 is 0. The van der Waals surface area contributed by atoms with E-state index in [1.165, 1.54) is 18.4 Å². The molecule has 0 saturated heterocycles. The SMILES string of the molecule is Fc1ccc(Oc2c[c]oc2)cc1F. The molecule has 4 heteroatoms. The van der Waals surface area contributed by atoms with Gasteiger partial charge in [0.1, 0.15) is 12.0 Å². The van der Waals surface area contributed by atoms with Gasteiger partial charge in [0.15, 0.2) is 23.6 Å². The van der Waals surface area contributed by atoms with E-state index in [-0.39, 0.29) is 5.75 Å². The summed E-state index contributed by atoms with van der Waals surface area (Å²) in [5, 5.41) is 0. The largest absolute Gasteiger partial charge is 0.457 e. The second-order valence-corrected chi connectivity index (χ2v) is 2.58. The predicted molar refractivity (Wildman–Crippen MR) is 44.0 cm³/mol. The van der Waals surface area contributed by atoms with Crippen LogP contribution in [-0.2, 0) is 0 Å². The van der Waals surface area contributed by atoms with Crippen LogP contribution in [0.4, 0.5) is 8.78 Å². The third-order valence-electron chi connectivity index (χ3n) is 1.57. The lowest BCUT2D eigenvalue weighted by molar-refractivity contribution is 0.451. The molecule has 1 aromatic heterocycles. The van der Waals surface area contributed by atoms with Crippen molar-refractivity contribution in [2.75, 3.05) is 0 Å². The Labute approximate surface area is 78.7 Å². The molecule has 1 radical (unpaired) electrons. The van der Waals surface area contributed by atoms with Crippen LogP contribution in [0.2, 0.25) is 0 Å². The average Bonchev–Trinajstić information content (AvgIpc) is 2.64. The second-order valence-electron chi connectivity index (χ2n) is 2.58. The van der Waals surface area contributed by atoms with Gasteiger partial charge in [0.25, 0.3) is 0 Å². The van der Waals surface area contributed by atoms with Crippen molar-refractivity contribution in [1.29, 1.82) is 0 Å². The molecule has 2 rings (SSSR count). The van der Waals surface area contributed by atoms with Crippen LogP contribution in [0.25, 0.3) is 0 Å². The highest BCUT2D eigenvalue weighted by Crippen LogP contribution is 2.22. The van der Waals surface area contributed by atoms with E-state index in [2.05, 4.69) is 10.7 Å². The minimum Gasteiger partial charge on any atom is -0.457 e. The number of rotatable bonds is 2. The number of hydrogen-bond donors (Lipinski definition) is 0. The summed E-state index contributed by atoms with van der Waals surface area (Å²) < 4.78 is 35.0. The van der Waals surface area contributed by atoms with E-state index < -0.39 is 11.6 Å². The molecule has 0 atom stereocenters. The topological polar surface area (TPSA) is 22.4 Å². The third kappa shape index (κ3) is 1.74. The maximum atomic E-state index is 12.7. The average molecular weight is 195 g/mol. The first-order valence-corrected chi connectivity index (χ1v) is 3.83. The van der Waals surface area contributed by atoms with Crippen molar-refractivity contribution in [3.8, 4) is 11.5 Å². The second kappa shape index (κ2) is 3.49. The molecule has 71 valence electrons. The fourth-order valence-corrected chi connectivity index (χ4v) is 0.948. The minimum absolute atomic E-state index is 0.207. The van der Waals surface area contributed by atoms with Crippen LogP contribution in [0.1, 0.15) is 0 Å². The van der Waals surface area contributed by atoms with Crippen molar-refractivity contribution in [3.63, 3.8) is 0 Å². The quantitative estimate of drug-likeness (QED) is 0.734. The molecule has 1 heterocycles. The van der Waals surface area contributed by atoms with Crippen LogP contribution >= 0.6 is 0 Å². The van der Waals surface area contributed by atoms with Crippen molar-refractivity contribution in [1.82, 2.24) is 0 Å². The van der Waals surface area contributed by atoms with E-state index in [4.69, 9.17) is 4.74 Å². The summed E-state index contributed by atoms with van der Waals surface area (Å²) in [6.07, 6.45) is 3.71. The molecule has 0 amide bonds. The molecular weight excluding hydrogens is 190 g/mol. The fourth-order valence-electron chi connectivity index (χ4n) is 0.948. The molecule has 2 nitrogen and oxygen atoms in total. The van der Waals surface area contributed by atoms with Crippen LogP contribution < -0.4 is 4.74 Å². The predicted octanol–water partition coefficient (Wildman–Crippen LogP) is 3.15. The number of furan rings is 1. The zero-order chi connectivity index (χ0) is 9.97. The molecule has 0 aliphatic carbocycles. The van der Waals surface area contributed by atoms with E-state index in [9.17, 15) is 8.78 Å². The molecule has 0 saturated carbocycles. The Hall–Kier alpha value is -1.84. The van der Waals surface area contributed by atoms with Gasteiger partial charge in [-0.05, 0) is 12.1 Å². The van der Waals surface area contributed by atoms with Crippen LogP contribution in [0.5, 0.6) is 11.5 Å². The molecule has 1 aromatic carbocycles. The van der Waals surface area contributed by atoms with E-state index in [1.807, 2.05) is 0 Å². The van der Waals surface area contributed by atoms with Gasteiger partial charge in [0, 0.05) is 12.1 Å². The fraction of sp³-hybridized carbons (Fsp3) is 0. The van der Waals surface area contributed by atoms with Crippen LogP contribution in [-0.4, -0.2) is 0 Å². The van der Waals surface area contributed by atoms with Gasteiger partial charge in [-0.3, -0.25) is 0 Å². The van der Waals surface area contributed by atoms with Gasteiger partial charge < -0.3 is 9.15 Å². The number of benzene rings is 1. The van der Waals surface area contributed by atoms with E-state index in [1.54, 1.807) is 0 Å². The van der Waals surface area contributed by atoms with Gasteiger partial charge >= 0.3 is 0 Å². The first-order valence-electron chi connectivity index (χ1n) is 3.83. The van der Waals surface area contributed by atoms with Crippen molar-refractivity contribution in [2.45, 2.75) is 0 Å². The summed E-state index contributed by atoms with van der Waals surface area (Å²) in [7, 11) is 0. The molecule has 0 aliphatic rings. The van der Waals surface area contributed by atoms with Crippen molar-refractivity contribution in [2.24, 2.45) is 0 Å². The van der Waals surface area contributed by atoms with Gasteiger partial charge in [-0.25, -0.2) is 8.78 Å². The summed E-state index contributed by atoms with van der Waals surface area (Å²) in [6.45, 7) is 0. The smallest absolute Gasteiger partial charge is 0.173 e. The van der Waals surface area contributed by atoms with Gasteiger partial charge in [-0.1, -0.05) is 0 Å². The van der Waals surface area contributed by atoms with Crippen molar-refractivity contribution in [3.05, 3.63) is 48.4 Å². The van der Waals surface area contributed by atoms with Gasteiger partial charge in [0.2, 0.25) is 0 Å². The summed E-state index contributed by atoms with van der Waals surface area (Å²) in [6, 6.07) is 4.73. The molecule has 0 fully saturated rings. The Morgan fingerprint density at radius 1 is 1.14 bits per heavy atom. The highest BCUT2D eigenvalue weighted by molar-refractivity contribution is 5.29. The maximum absolute atomic E-state index is 12.7. The van der Waals surface area contributed by atoms with Crippen molar-refractivity contribution >= 4 is 0 Å². The molecule has 2 aromatic rings. The molecular formula is C10H5F2O2. The Kier molecular flexibility index (Phi) is 2.18. The van der Waals surface area contributed by atoms with Crippen LogP contribution in [0.3, 0.4) is 0 Å². The van der Waals surface area contributed by atoms with E-state index in [0.29, 0.717) is 5.75 Å². The number of hydrogen-bond acceptors (Lipinski definition) is 2. The lowest BCUT2D eigenvalue weighted by Crippen LogP contribution is -1.86. The Morgan fingerprint density at radius 2 is 2.00 bits per heavy atom. The highest BCUT2D eigenvalue weighted by atomic mass is 19.2. The first kappa shape index (κ1) is 8.74. The van der Waals surface area contributed by atoms with Gasteiger partial charge in [-0.15, -0.1) is 0 Å². The monoisotopic (exact) mass is 195 g/mol. The molecule has 14 heavy (non-hydrogen) atoms. The number of ether oxygens (including phenoxy) is 1. The standard InChI is InChI=1S/C10H5F2O2/c11-9-2-1-7(5-10(9)12)14-8-3-4-13-6-8/h1-3,5-6H. The van der Waals surface area contributed by atoms with Crippen molar-refractivity contribution < 1.29 is 17.9 Å². The van der Waals surface area contributed by atoms with E-state index >= 15 is 0 Å². The molecule has 0 aliphatic heterocycles. The summed E-state index contributed by atoms with van der Waals surface area (Å²) in [5.74, 6) is -1.26.